The van der Waals surface area contributed by atoms with Crippen LogP contribution in [0.1, 0.15) is 32.6 Å². The second-order valence-corrected chi connectivity index (χ2v) is 6.42. The zero-order valence-corrected chi connectivity index (χ0v) is 13.0. The lowest BCUT2D eigenvalue weighted by Gasteiger charge is -2.32. The molecule has 1 aromatic rings. The van der Waals surface area contributed by atoms with Crippen molar-refractivity contribution in [1.82, 2.24) is 5.32 Å². The number of nitrogens with one attached hydrogen (secondary N) is 2. The molecule has 5 heteroatoms. The van der Waals surface area contributed by atoms with Crippen LogP contribution in [0.15, 0.2) is 24.3 Å². The predicted molar refractivity (Wildman–Crippen MR) is 86.8 cm³/mol. The largest absolute Gasteiger partial charge is 0.372 e. The molecule has 1 aliphatic heterocycles. The molecular formula is C17H23N3O2. The van der Waals surface area contributed by atoms with Crippen LogP contribution in [-0.4, -0.2) is 30.9 Å². The summed E-state index contributed by atoms with van der Waals surface area (Å²) in [7, 11) is 0. The van der Waals surface area contributed by atoms with Gasteiger partial charge in [-0.25, -0.2) is 0 Å². The quantitative estimate of drug-likeness (QED) is 0.841. The van der Waals surface area contributed by atoms with Crippen LogP contribution in [0.4, 0.5) is 11.4 Å². The van der Waals surface area contributed by atoms with Crippen LogP contribution < -0.4 is 15.5 Å². The van der Waals surface area contributed by atoms with Gasteiger partial charge in [0.05, 0.1) is 0 Å². The third kappa shape index (κ3) is 3.78. The number of anilines is 2. The van der Waals surface area contributed by atoms with Gasteiger partial charge in [0.15, 0.2) is 0 Å². The molecule has 0 bridgehead atoms. The Kier molecular flexibility index (Phi) is 4.32. The Morgan fingerprint density at radius 1 is 1.00 bits per heavy atom. The summed E-state index contributed by atoms with van der Waals surface area (Å²) in [5, 5.41) is 5.32. The lowest BCUT2D eigenvalue weighted by Crippen LogP contribution is -2.36. The zero-order valence-electron chi connectivity index (χ0n) is 13.0. The molecular weight excluding hydrogens is 278 g/mol. The highest BCUT2D eigenvalue weighted by atomic mass is 16.2. The topological polar surface area (TPSA) is 61.4 Å². The summed E-state index contributed by atoms with van der Waals surface area (Å²) >= 11 is 0. The van der Waals surface area contributed by atoms with Crippen LogP contribution in [0.2, 0.25) is 0 Å². The highest BCUT2D eigenvalue weighted by molar-refractivity contribution is 6.39. The third-order valence-corrected chi connectivity index (χ3v) is 4.39. The first kappa shape index (κ1) is 14.9. The van der Waals surface area contributed by atoms with Gasteiger partial charge in [0.1, 0.15) is 0 Å². The number of amides is 2. The fraction of sp³-hybridized carbons (Fsp3) is 0.529. The van der Waals surface area contributed by atoms with Crippen LogP contribution >= 0.6 is 0 Å². The molecule has 0 atom stereocenters. The predicted octanol–water partition coefficient (Wildman–Crippen LogP) is 2.14. The molecule has 3 rings (SSSR count). The summed E-state index contributed by atoms with van der Waals surface area (Å²) in [6, 6.07) is 7.92. The molecule has 5 nitrogen and oxygen atoms in total. The number of hydrogen-bond donors (Lipinski definition) is 2. The summed E-state index contributed by atoms with van der Waals surface area (Å²) in [6.45, 7) is 4.45. The summed E-state index contributed by atoms with van der Waals surface area (Å²) in [5.74, 6) is -0.331. The van der Waals surface area contributed by atoms with E-state index in [-0.39, 0.29) is 6.04 Å². The van der Waals surface area contributed by atoms with Gasteiger partial charge in [0.25, 0.3) is 0 Å². The van der Waals surface area contributed by atoms with Crippen molar-refractivity contribution in [2.75, 3.05) is 23.3 Å². The van der Waals surface area contributed by atoms with E-state index in [0.29, 0.717) is 5.69 Å². The van der Waals surface area contributed by atoms with E-state index in [1.807, 2.05) is 24.3 Å². The molecule has 2 fully saturated rings. The van der Waals surface area contributed by atoms with Crippen molar-refractivity contribution in [1.29, 1.82) is 0 Å². The van der Waals surface area contributed by atoms with E-state index in [4.69, 9.17) is 0 Å². The molecule has 2 N–H and O–H groups in total. The van der Waals surface area contributed by atoms with Gasteiger partial charge in [-0.3, -0.25) is 9.59 Å². The van der Waals surface area contributed by atoms with E-state index >= 15 is 0 Å². The van der Waals surface area contributed by atoms with Crippen molar-refractivity contribution in [3.63, 3.8) is 0 Å². The Bertz CT molecular complexity index is 544. The van der Waals surface area contributed by atoms with Crippen molar-refractivity contribution in [2.45, 2.75) is 38.6 Å². The van der Waals surface area contributed by atoms with E-state index in [9.17, 15) is 9.59 Å². The van der Waals surface area contributed by atoms with Crippen LogP contribution in [-0.2, 0) is 9.59 Å². The molecule has 1 aromatic carbocycles. The first-order valence-corrected chi connectivity index (χ1v) is 8.08. The maximum absolute atomic E-state index is 11.8. The Morgan fingerprint density at radius 2 is 1.64 bits per heavy atom. The Hall–Kier alpha value is -2.04. The van der Waals surface area contributed by atoms with Crippen LogP contribution in [0, 0.1) is 5.92 Å². The number of piperidine rings is 1. The minimum Gasteiger partial charge on any atom is -0.372 e. The van der Waals surface area contributed by atoms with Crippen molar-refractivity contribution >= 4 is 23.2 Å². The van der Waals surface area contributed by atoms with Gasteiger partial charge in [0, 0.05) is 30.5 Å². The molecule has 2 amide bonds. The Morgan fingerprint density at radius 3 is 2.23 bits per heavy atom. The summed E-state index contributed by atoms with van der Waals surface area (Å²) in [4.78, 5) is 25.7. The van der Waals surface area contributed by atoms with E-state index in [2.05, 4.69) is 22.5 Å². The minimum absolute atomic E-state index is 0.196. The first-order chi connectivity index (χ1) is 10.6. The third-order valence-electron chi connectivity index (χ3n) is 4.39. The molecule has 1 aliphatic carbocycles. The SMILES string of the molecule is CC1CCN(c2ccc(NC(=O)C(=O)NC3CC3)cc2)CC1. The first-order valence-electron chi connectivity index (χ1n) is 8.08. The highest BCUT2D eigenvalue weighted by Crippen LogP contribution is 2.24. The van der Waals surface area contributed by atoms with Crippen molar-refractivity contribution < 1.29 is 9.59 Å². The zero-order chi connectivity index (χ0) is 15.5. The van der Waals surface area contributed by atoms with Crippen molar-refractivity contribution in [2.24, 2.45) is 5.92 Å². The molecule has 22 heavy (non-hydrogen) atoms. The molecule has 118 valence electrons. The van der Waals surface area contributed by atoms with Gasteiger partial charge in [-0.15, -0.1) is 0 Å². The second-order valence-electron chi connectivity index (χ2n) is 6.42. The lowest BCUT2D eigenvalue weighted by atomic mass is 9.99. The maximum atomic E-state index is 11.8. The maximum Gasteiger partial charge on any atom is 0.313 e. The Labute approximate surface area is 131 Å². The molecule has 1 saturated carbocycles. The average Bonchev–Trinajstić information content (AvgIpc) is 3.33. The standard InChI is InChI=1S/C17H23N3O2/c1-12-8-10-20(11-9-12)15-6-4-14(5-7-15)19-17(22)16(21)18-13-2-3-13/h4-7,12-13H,2-3,8-11H2,1H3,(H,18,21)(H,19,22). The number of carbonyl (C=O) groups is 2. The van der Waals surface area contributed by atoms with Crippen LogP contribution in [0.3, 0.4) is 0 Å². The van der Waals surface area contributed by atoms with Crippen molar-refractivity contribution in [3.05, 3.63) is 24.3 Å². The minimum atomic E-state index is -0.591. The van der Waals surface area contributed by atoms with E-state index in [0.717, 1.165) is 31.8 Å². The number of carbonyl (C=O) groups excluding carboxylic acids is 2. The van der Waals surface area contributed by atoms with Gasteiger partial charge in [-0.1, -0.05) is 6.92 Å². The molecule has 1 heterocycles. The van der Waals surface area contributed by atoms with E-state index in [1.54, 1.807) is 0 Å². The van der Waals surface area contributed by atoms with E-state index in [1.165, 1.54) is 18.5 Å². The Balaban J connectivity index is 1.54. The molecule has 2 aliphatic rings. The fourth-order valence-electron chi connectivity index (χ4n) is 2.69. The van der Waals surface area contributed by atoms with Gasteiger partial charge >= 0.3 is 11.8 Å². The number of rotatable bonds is 3. The van der Waals surface area contributed by atoms with Gasteiger partial charge in [-0.05, 0) is 55.9 Å². The molecule has 0 unspecified atom stereocenters. The smallest absolute Gasteiger partial charge is 0.313 e. The molecule has 0 spiro atoms. The van der Waals surface area contributed by atoms with Crippen LogP contribution in [0.25, 0.3) is 0 Å². The molecule has 1 saturated heterocycles. The van der Waals surface area contributed by atoms with E-state index < -0.39 is 11.8 Å². The fourth-order valence-corrected chi connectivity index (χ4v) is 2.69. The summed E-state index contributed by atoms with van der Waals surface area (Å²) in [6.07, 6.45) is 4.39. The number of benzene rings is 1. The van der Waals surface area contributed by atoms with Gasteiger partial charge in [-0.2, -0.15) is 0 Å². The number of nitrogens with zero attached hydrogens (tertiary/aromatic N) is 1. The van der Waals surface area contributed by atoms with Crippen molar-refractivity contribution in [3.8, 4) is 0 Å². The lowest BCUT2D eigenvalue weighted by molar-refractivity contribution is -0.136. The van der Waals surface area contributed by atoms with Gasteiger partial charge in [0.2, 0.25) is 0 Å². The summed E-state index contributed by atoms with van der Waals surface area (Å²) < 4.78 is 0. The average molecular weight is 301 g/mol. The molecule has 0 radical (unpaired) electrons. The number of hydrogen-bond acceptors (Lipinski definition) is 3. The highest BCUT2D eigenvalue weighted by Gasteiger charge is 2.26. The molecule has 0 aromatic heterocycles. The second kappa shape index (κ2) is 6.38. The van der Waals surface area contributed by atoms with Gasteiger partial charge < -0.3 is 15.5 Å². The summed E-state index contributed by atoms with van der Waals surface area (Å²) in [5.41, 5.74) is 1.83. The normalized spacial score (nSPS) is 18.9. The monoisotopic (exact) mass is 301 g/mol. The van der Waals surface area contributed by atoms with Crippen LogP contribution in [0.5, 0.6) is 0 Å².